The summed E-state index contributed by atoms with van der Waals surface area (Å²) < 4.78 is 0. The van der Waals surface area contributed by atoms with Crippen LogP contribution in [0.5, 0.6) is 0 Å². The second kappa shape index (κ2) is 3.60. The molecule has 2 rings (SSSR count). The van der Waals surface area contributed by atoms with Crippen LogP contribution in [0.1, 0.15) is 39.0 Å². The Balaban J connectivity index is 2.38. The first-order chi connectivity index (χ1) is 6.68. The second-order valence-electron chi connectivity index (χ2n) is 4.27. The maximum Gasteiger partial charge on any atom is 0.155 e. The molecule has 1 N–H and O–H groups in total. The summed E-state index contributed by atoms with van der Waals surface area (Å²) in [5.41, 5.74) is 2.03. The zero-order valence-electron chi connectivity index (χ0n) is 8.55. The Hall–Kier alpha value is -1.05. The monoisotopic (exact) mass is 192 g/mol. The lowest BCUT2D eigenvalue weighted by Crippen LogP contribution is -2.12. The van der Waals surface area contributed by atoms with Gasteiger partial charge in [-0.25, -0.2) is 0 Å². The Bertz CT molecular complexity index is 323. The fraction of sp³-hybridized carbons (Fsp3) is 0.583. The largest absolute Gasteiger partial charge is 0.512 e. The molecule has 0 saturated carbocycles. The van der Waals surface area contributed by atoms with Gasteiger partial charge in [0.05, 0.1) is 5.76 Å². The molecule has 0 fully saturated rings. The molecule has 0 aromatic rings. The summed E-state index contributed by atoms with van der Waals surface area (Å²) in [7, 11) is 0. The highest BCUT2D eigenvalue weighted by Gasteiger charge is 2.26. The lowest BCUT2D eigenvalue weighted by Gasteiger charge is -2.25. The molecule has 2 aliphatic carbocycles. The van der Waals surface area contributed by atoms with Crippen LogP contribution in [0.4, 0.5) is 0 Å². The Kier molecular flexibility index (Phi) is 2.44. The van der Waals surface area contributed by atoms with Crippen LogP contribution in [0.15, 0.2) is 23.0 Å². The predicted molar refractivity (Wildman–Crippen MR) is 55.0 cm³/mol. The number of allylic oxidation sites excluding steroid dienone is 4. The lowest BCUT2D eigenvalue weighted by molar-refractivity contribution is -0.114. The van der Waals surface area contributed by atoms with Crippen molar-refractivity contribution < 1.29 is 9.90 Å². The van der Waals surface area contributed by atoms with Crippen molar-refractivity contribution in [3.8, 4) is 0 Å². The summed E-state index contributed by atoms with van der Waals surface area (Å²) in [5, 5.41) is 9.62. The summed E-state index contributed by atoms with van der Waals surface area (Å²) in [6, 6.07) is 0. The minimum absolute atomic E-state index is 0.219. The van der Waals surface area contributed by atoms with Gasteiger partial charge in [0.25, 0.3) is 0 Å². The van der Waals surface area contributed by atoms with Crippen molar-refractivity contribution in [1.82, 2.24) is 0 Å². The minimum atomic E-state index is 0.219. The SMILES string of the molecule is CC1=C(O)CCC2CCCC(=O)C=C12. The molecule has 0 bridgehead atoms. The van der Waals surface area contributed by atoms with Crippen LogP contribution in [-0.2, 0) is 4.79 Å². The molecule has 1 atom stereocenters. The third-order valence-electron chi connectivity index (χ3n) is 3.33. The average molecular weight is 192 g/mol. The van der Waals surface area contributed by atoms with E-state index in [2.05, 4.69) is 0 Å². The topological polar surface area (TPSA) is 37.3 Å². The van der Waals surface area contributed by atoms with Crippen molar-refractivity contribution in [3.63, 3.8) is 0 Å². The van der Waals surface area contributed by atoms with Gasteiger partial charge < -0.3 is 5.11 Å². The molecule has 0 heterocycles. The van der Waals surface area contributed by atoms with Gasteiger partial charge in [-0.2, -0.15) is 0 Å². The van der Waals surface area contributed by atoms with Crippen molar-refractivity contribution in [1.29, 1.82) is 0 Å². The zero-order valence-corrected chi connectivity index (χ0v) is 8.55. The summed E-state index contributed by atoms with van der Waals surface area (Å²) >= 11 is 0. The van der Waals surface area contributed by atoms with Crippen molar-refractivity contribution in [3.05, 3.63) is 23.0 Å². The van der Waals surface area contributed by atoms with Crippen LogP contribution in [-0.4, -0.2) is 10.9 Å². The van der Waals surface area contributed by atoms with Crippen LogP contribution in [0, 0.1) is 5.92 Å². The van der Waals surface area contributed by atoms with E-state index in [9.17, 15) is 9.90 Å². The third-order valence-corrected chi connectivity index (χ3v) is 3.33. The van der Waals surface area contributed by atoms with Gasteiger partial charge in [0, 0.05) is 12.8 Å². The highest BCUT2D eigenvalue weighted by molar-refractivity contribution is 5.91. The first-order valence-corrected chi connectivity index (χ1v) is 5.32. The number of aliphatic hydroxyl groups is 1. The number of ketones is 1. The van der Waals surface area contributed by atoms with E-state index in [1.165, 1.54) is 0 Å². The second-order valence-corrected chi connectivity index (χ2v) is 4.27. The molecule has 0 aliphatic heterocycles. The normalized spacial score (nSPS) is 28.2. The van der Waals surface area contributed by atoms with Crippen molar-refractivity contribution >= 4 is 5.78 Å². The molecular formula is C12H16O2. The smallest absolute Gasteiger partial charge is 0.155 e. The molecule has 14 heavy (non-hydrogen) atoms. The molecule has 0 aromatic carbocycles. The van der Waals surface area contributed by atoms with Crippen LogP contribution in [0.3, 0.4) is 0 Å². The highest BCUT2D eigenvalue weighted by atomic mass is 16.3. The molecule has 0 radical (unpaired) electrons. The first kappa shape index (κ1) is 9.50. The lowest BCUT2D eigenvalue weighted by atomic mass is 9.81. The number of fused-ring (bicyclic) bond motifs is 1. The van der Waals surface area contributed by atoms with E-state index >= 15 is 0 Å². The highest BCUT2D eigenvalue weighted by Crippen LogP contribution is 2.37. The van der Waals surface area contributed by atoms with Crippen molar-refractivity contribution in [2.75, 3.05) is 0 Å². The van der Waals surface area contributed by atoms with Crippen molar-refractivity contribution in [2.24, 2.45) is 5.92 Å². The average Bonchev–Trinajstić information content (AvgIpc) is 2.34. The summed E-state index contributed by atoms with van der Waals surface area (Å²) in [6.07, 6.45) is 6.31. The van der Waals surface area contributed by atoms with E-state index in [-0.39, 0.29) is 5.78 Å². The van der Waals surface area contributed by atoms with Crippen LogP contribution in [0.25, 0.3) is 0 Å². The van der Waals surface area contributed by atoms with Gasteiger partial charge in [-0.15, -0.1) is 0 Å². The van der Waals surface area contributed by atoms with Gasteiger partial charge in [0.15, 0.2) is 5.78 Å². The first-order valence-electron chi connectivity index (χ1n) is 5.32. The maximum absolute atomic E-state index is 11.4. The van der Waals surface area contributed by atoms with Gasteiger partial charge >= 0.3 is 0 Å². The Morgan fingerprint density at radius 2 is 2.14 bits per heavy atom. The van der Waals surface area contributed by atoms with E-state index in [0.717, 1.165) is 36.8 Å². The van der Waals surface area contributed by atoms with Gasteiger partial charge in [-0.05, 0) is 49.3 Å². The van der Waals surface area contributed by atoms with Crippen LogP contribution >= 0.6 is 0 Å². The Labute approximate surface area is 84.3 Å². The minimum Gasteiger partial charge on any atom is -0.512 e. The van der Waals surface area contributed by atoms with E-state index < -0.39 is 0 Å². The molecule has 2 heteroatoms. The summed E-state index contributed by atoms with van der Waals surface area (Å²) in [6.45, 7) is 1.92. The van der Waals surface area contributed by atoms with E-state index in [1.807, 2.05) is 6.92 Å². The summed E-state index contributed by atoms with van der Waals surface area (Å²) in [5.74, 6) is 1.20. The molecule has 76 valence electrons. The van der Waals surface area contributed by atoms with Gasteiger partial charge in [0.2, 0.25) is 0 Å². The number of hydrogen-bond acceptors (Lipinski definition) is 2. The molecule has 2 aliphatic rings. The molecule has 2 nitrogen and oxygen atoms in total. The molecule has 0 amide bonds. The molecule has 1 unspecified atom stereocenters. The number of hydrogen-bond donors (Lipinski definition) is 1. The molecule has 0 spiro atoms. The molecular weight excluding hydrogens is 176 g/mol. The maximum atomic E-state index is 11.4. The van der Waals surface area contributed by atoms with Crippen molar-refractivity contribution in [2.45, 2.75) is 39.0 Å². The number of rotatable bonds is 0. The standard InChI is InChI=1S/C12H16O2/c1-8-11-7-10(13)4-2-3-9(11)5-6-12(8)14/h7,9,14H,2-6H2,1H3. The van der Waals surface area contributed by atoms with Crippen LogP contribution < -0.4 is 0 Å². The quantitative estimate of drug-likeness (QED) is 0.640. The van der Waals surface area contributed by atoms with E-state index in [0.29, 0.717) is 18.1 Å². The predicted octanol–water partition coefficient (Wildman–Crippen LogP) is 2.91. The van der Waals surface area contributed by atoms with Gasteiger partial charge in [-0.1, -0.05) is 0 Å². The third kappa shape index (κ3) is 1.61. The number of carbonyl (C=O) groups excluding carboxylic acids is 1. The summed E-state index contributed by atoms with van der Waals surface area (Å²) in [4.78, 5) is 11.4. The zero-order chi connectivity index (χ0) is 10.1. The molecule has 0 saturated heterocycles. The number of carbonyl (C=O) groups is 1. The fourth-order valence-electron chi connectivity index (χ4n) is 2.42. The van der Waals surface area contributed by atoms with Gasteiger partial charge in [0.1, 0.15) is 0 Å². The fourth-order valence-corrected chi connectivity index (χ4v) is 2.42. The Morgan fingerprint density at radius 1 is 1.36 bits per heavy atom. The van der Waals surface area contributed by atoms with Crippen LogP contribution in [0.2, 0.25) is 0 Å². The Morgan fingerprint density at radius 3 is 2.93 bits per heavy atom. The van der Waals surface area contributed by atoms with E-state index in [4.69, 9.17) is 0 Å². The molecule has 0 aromatic heterocycles. The van der Waals surface area contributed by atoms with E-state index in [1.54, 1.807) is 6.08 Å². The van der Waals surface area contributed by atoms with Gasteiger partial charge in [-0.3, -0.25) is 4.79 Å². The number of aliphatic hydroxyl groups excluding tert-OH is 1.